The quantitative estimate of drug-likeness (QED) is 0.856. The molecule has 1 aromatic heterocycles. The maximum atomic E-state index is 14.1. The van der Waals surface area contributed by atoms with Crippen molar-refractivity contribution in [3.63, 3.8) is 0 Å². The molecule has 0 saturated heterocycles. The number of aromatic nitrogens is 2. The molecule has 1 aliphatic rings. The summed E-state index contributed by atoms with van der Waals surface area (Å²) >= 11 is 0. The number of aromatic carboxylic acids is 1. The molecule has 2 heterocycles. The minimum atomic E-state index is -4.83. The number of benzene rings is 1. The monoisotopic (exact) mass is 357 g/mol. The van der Waals surface area contributed by atoms with Crippen molar-refractivity contribution < 1.29 is 32.3 Å². The van der Waals surface area contributed by atoms with Crippen LogP contribution in [0.15, 0.2) is 24.3 Å². The van der Waals surface area contributed by atoms with Gasteiger partial charge in [0.15, 0.2) is 5.69 Å². The van der Waals surface area contributed by atoms with Crippen molar-refractivity contribution in [2.24, 2.45) is 0 Å². The Balaban J connectivity index is 1.87. The Morgan fingerprint density at radius 1 is 1.28 bits per heavy atom. The van der Waals surface area contributed by atoms with Crippen molar-refractivity contribution in [1.29, 1.82) is 0 Å². The lowest BCUT2D eigenvalue weighted by atomic mass is 10.1. The van der Waals surface area contributed by atoms with Gasteiger partial charge in [-0.1, -0.05) is 12.1 Å². The third kappa shape index (κ3) is 3.06. The topological polar surface area (TPSA) is 75.4 Å². The number of hydrogen-bond donors (Lipinski definition) is 1. The van der Waals surface area contributed by atoms with Gasteiger partial charge in [0.25, 0.3) is 5.91 Å². The lowest BCUT2D eigenvalue weighted by Gasteiger charge is -2.27. The Morgan fingerprint density at radius 2 is 2.00 bits per heavy atom. The Morgan fingerprint density at radius 3 is 2.64 bits per heavy atom. The second-order valence-corrected chi connectivity index (χ2v) is 5.45. The molecule has 0 aliphatic carbocycles. The molecule has 3 rings (SSSR count). The van der Waals surface area contributed by atoms with Gasteiger partial charge in [-0.15, -0.1) is 0 Å². The van der Waals surface area contributed by atoms with E-state index in [9.17, 15) is 27.2 Å². The Kier molecular flexibility index (Phi) is 3.97. The van der Waals surface area contributed by atoms with Gasteiger partial charge >= 0.3 is 12.1 Å². The first-order valence-corrected chi connectivity index (χ1v) is 7.13. The van der Waals surface area contributed by atoms with Crippen LogP contribution in [0.5, 0.6) is 0 Å². The minimum Gasteiger partial charge on any atom is -0.476 e. The highest BCUT2D eigenvalue weighted by atomic mass is 19.4. The molecule has 0 fully saturated rings. The zero-order valence-electron chi connectivity index (χ0n) is 12.5. The number of rotatable bonds is 3. The first-order chi connectivity index (χ1) is 11.7. The van der Waals surface area contributed by atoms with Gasteiger partial charge in [-0.2, -0.15) is 18.3 Å². The molecule has 10 heteroatoms. The van der Waals surface area contributed by atoms with E-state index in [0.717, 1.165) is 17.0 Å². The summed E-state index contributed by atoms with van der Waals surface area (Å²) < 4.78 is 53.6. The number of hydrogen-bond acceptors (Lipinski definition) is 3. The van der Waals surface area contributed by atoms with Crippen molar-refractivity contribution in [1.82, 2.24) is 14.7 Å². The van der Waals surface area contributed by atoms with Crippen molar-refractivity contribution in [2.45, 2.75) is 19.3 Å². The summed E-state index contributed by atoms with van der Waals surface area (Å²) in [5.74, 6) is -3.35. The van der Waals surface area contributed by atoms with Crippen LogP contribution < -0.4 is 0 Å². The molecule has 0 radical (unpaired) electrons. The summed E-state index contributed by atoms with van der Waals surface area (Å²) in [4.78, 5) is 24.4. The fraction of sp³-hybridized carbons (Fsp3) is 0.267. The highest BCUT2D eigenvalue weighted by Crippen LogP contribution is 2.32. The average Bonchev–Trinajstić information content (AvgIpc) is 2.96. The Bertz CT molecular complexity index is 860. The third-order valence-corrected chi connectivity index (χ3v) is 3.83. The number of fused-ring (bicyclic) bond motifs is 1. The summed E-state index contributed by atoms with van der Waals surface area (Å²) in [6, 6.07) is 3.96. The molecule has 0 saturated carbocycles. The van der Waals surface area contributed by atoms with Crippen molar-refractivity contribution >= 4 is 11.9 Å². The van der Waals surface area contributed by atoms with E-state index in [4.69, 9.17) is 5.11 Å². The molecule has 6 nitrogen and oxygen atoms in total. The van der Waals surface area contributed by atoms with Crippen LogP contribution >= 0.6 is 0 Å². The van der Waals surface area contributed by atoms with Gasteiger partial charge in [0.1, 0.15) is 11.5 Å². The van der Waals surface area contributed by atoms with E-state index in [-0.39, 0.29) is 36.6 Å². The number of alkyl halides is 3. The summed E-state index contributed by atoms with van der Waals surface area (Å²) in [7, 11) is 0. The molecule has 132 valence electrons. The number of nitrogens with zero attached hydrogens (tertiary/aromatic N) is 3. The fourth-order valence-electron chi connectivity index (χ4n) is 2.62. The predicted molar refractivity (Wildman–Crippen MR) is 75.3 cm³/mol. The van der Waals surface area contributed by atoms with Crippen LogP contribution in [0, 0.1) is 5.82 Å². The zero-order chi connectivity index (χ0) is 18.4. The average molecular weight is 357 g/mol. The van der Waals surface area contributed by atoms with Crippen LogP contribution in [0.2, 0.25) is 0 Å². The normalized spacial score (nSPS) is 14.6. The first kappa shape index (κ1) is 16.9. The van der Waals surface area contributed by atoms with Crippen LogP contribution in [0.25, 0.3) is 0 Å². The zero-order valence-corrected chi connectivity index (χ0v) is 12.5. The Labute approximate surface area is 138 Å². The van der Waals surface area contributed by atoms with Gasteiger partial charge in [0.2, 0.25) is 0 Å². The molecule has 0 unspecified atom stereocenters. The molecule has 0 bridgehead atoms. The van der Waals surface area contributed by atoms with E-state index in [1.54, 1.807) is 0 Å². The summed E-state index contributed by atoms with van der Waals surface area (Å²) in [6.07, 6.45) is -4.83. The number of carbonyl (C=O) groups excluding carboxylic acids is 1. The smallest absolute Gasteiger partial charge is 0.419 e. The van der Waals surface area contributed by atoms with Gasteiger partial charge in [-0.25, -0.2) is 9.18 Å². The predicted octanol–water partition coefficient (Wildman–Crippen LogP) is 2.40. The standard InChI is InChI=1S/C15H11F4N3O3/c16-12-8(2-1-3-9(12)15(17,18)19)7-21-4-5-22-11(13(21)23)6-10(20-22)14(24)25/h1-3,6H,4-5,7H2,(H,24,25). The fourth-order valence-corrected chi connectivity index (χ4v) is 2.62. The van der Waals surface area contributed by atoms with Crippen LogP contribution in [0.4, 0.5) is 17.6 Å². The van der Waals surface area contributed by atoms with E-state index < -0.39 is 29.4 Å². The lowest BCUT2D eigenvalue weighted by molar-refractivity contribution is -0.140. The molecule has 2 aromatic rings. The molecule has 1 amide bonds. The molecule has 1 aromatic carbocycles. The van der Waals surface area contributed by atoms with Crippen molar-refractivity contribution in [2.75, 3.05) is 6.54 Å². The summed E-state index contributed by atoms with van der Waals surface area (Å²) in [5.41, 5.74) is -1.98. The highest BCUT2D eigenvalue weighted by Gasteiger charge is 2.35. The molecular weight excluding hydrogens is 346 g/mol. The van der Waals surface area contributed by atoms with Crippen LogP contribution in [0.1, 0.15) is 32.1 Å². The highest BCUT2D eigenvalue weighted by molar-refractivity contribution is 5.96. The lowest BCUT2D eigenvalue weighted by Crippen LogP contribution is -2.40. The minimum absolute atomic E-state index is 0.00367. The molecule has 1 aliphatic heterocycles. The second kappa shape index (κ2) is 5.87. The molecule has 25 heavy (non-hydrogen) atoms. The van der Waals surface area contributed by atoms with E-state index in [1.807, 2.05) is 0 Å². The van der Waals surface area contributed by atoms with Gasteiger partial charge in [0, 0.05) is 24.7 Å². The SMILES string of the molecule is O=C(O)c1cc2n(n1)CCN(Cc1cccc(C(F)(F)F)c1F)C2=O. The molecule has 1 N–H and O–H groups in total. The van der Waals surface area contributed by atoms with E-state index >= 15 is 0 Å². The summed E-state index contributed by atoms with van der Waals surface area (Å²) in [5, 5.41) is 12.7. The first-order valence-electron chi connectivity index (χ1n) is 7.13. The number of carbonyl (C=O) groups is 2. The molecule has 0 spiro atoms. The molecular formula is C15H11F4N3O3. The van der Waals surface area contributed by atoms with Crippen molar-refractivity contribution in [3.8, 4) is 0 Å². The number of carboxylic acids is 1. The maximum Gasteiger partial charge on any atom is 0.419 e. The van der Waals surface area contributed by atoms with Gasteiger partial charge in [0.05, 0.1) is 12.1 Å². The number of halogens is 4. The maximum absolute atomic E-state index is 14.1. The third-order valence-electron chi connectivity index (χ3n) is 3.83. The van der Waals surface area contributed by atoms with Gasteiger partial charge < -0.3 is 10.0 Å². The second-order valence-electron chi connectivity index (χ2n) is 5.45. The van der Waals surface area contributed by atoms with Gasteiger partial charge in [-0.3, -0.25) is 9.48 Å². The Hall–Kier alpha value is -2.91. The number of carboxylic acid groups (broad SMARTS) is 1. The van der Waals surface area contributed by atoms with E-state index in [0.29, 0.717) is 6.07 Å². The van der Waals surface area contributed by atoms with Crippen LogP contribution in [0.3, 0.4) is 0 Å². The van der Waals surface area contributed by atoms with E-state index in [1.165, 1.54) is 10.7 Å². The molecule has 0 atom stereocenters. The van der Waals surface area contributed by atoms with Crippen molar-refractivity contribution in [3.05, 3.63) is 52.6 Å². The summed E-state index contributed by atoms with van der Waals surface area (Å²) in [6.45, 7) is -0.126. The van der Waals surface area contributed by atoms with Crippen LogP contribution in [-0.4, -0.2) is 38.2 Å². The van der Waals surface area contributed by atoms with E-state index in [2.05, 4.69) is 5.10 Å². The number of amides is 1. The van der Waals surface area contributed by atoms with Gasteiger partial charge in [-0.05, 0) is 6.07 Å². The van der Waals surface area contributed by atoms with Crippen LogP contribution in [-0.2, 0) is 19.3 Å². The largest absolute Gasteiger partial charge is 0.476 e.